The minimum absolute atomic E-state index is 0.00174. The van der Waals surface area contributed by atoms with E-state index in [0.717, 1.165) is 38.7 Å². The second kappa shape index (κ2) is 20.0. The first kappa shape index (κ1) is 35.2. The molecule has 7 unspecified atom stereocenters. The zero-order chi connectivity index (χ0) is 29.3. The number of amides is 1. The average molecular weight is 577 g/mol. The van der Waals surface area contributed by atoms with E-state index in [4.69, 9.17) is 52.7 Å². The normalized spacial score (nSPS) is 35.0. The van der Waals surface area contributed by atoms with Crippen LogP contribution in [0.25, 0.3) is 0 Å². The van der Waals surface area contributed by atoms with Gasteiger partial charge in [0, 0.05) is 44.2 Å². The van der Waals surface area contributed by atoms with E-state index >= 15 is 0 Å². The SMILES string of the molecule is NCC1CCCCO1.NCCC(O)C(=O)NC1CC(N)CC(OC2CCC(CO)O2)C1.NC[C@H]1CC[C@@H](N)CO1. The summed E-state index contributed by atoms with van der Waals surface area (Å²) in [6, 6.07) is 0.0484. The van der Waals surface area contributed by atoms with Gasteiger partial charge in [-0.1, -0.05) is 0 Å². The van der Waals surface area contributed by atoms with Gasteiger partial charge in [-0.3, -0.25) is 4.79 Å². The number of rotatable bonds is 9. The van der Waals surface area contributed by atoms with Gasteiger partial charge in [-0.2, -0.15) is 0 Å². The number of nitrogens with two attached hydrogens (primary N) is 5. The molecular formula is C27H56N6O7. The number of hydrogen-bond donors (Lipinski definition) is 8. The fraction of sp³-hybridized carbons (Fsp3) is 0.963. The van der Waals surface area contributed by atoms with Crippen LogP contribution in [0.2, 0.25) is 0 Å². The van der Waals surface area contributed by atoms with Crippen LogP contribution < -0.4 is 34.0 Å². The van der Waals surface area contributed by atoms with E-state index in [0.29, 0.717) is 45.1 Å². The van der Waals surface area contributed by atoms with Gasteiger partial charge in [-0.05, 0) is 70.8 Å². The maximum Gasteiger partial charge on any atom is 0.249 e. The number of nitrogens with one attached hydrogen (secondary N) is 1. The summed E-state index contributed by atoms with van der Waals surface area (Å²) in [5.41, 5.74) is 27.8. The molecule has 9 atom stereocenters. The number of aliphatic hydroxyl groups is 2. The molecule has 3 heterocycles. The van der Waals surface area contributed by atoms with Gasteiger partial charge < -0.3 is 63.1 Å². The van der Waals surface area contributed by atoms with Crippen molar-refractivity contribution in [2.24, 2.45) is 28.7 Å². The quantitative estimate of drug-likeness (QED) is 0.157. The van der Waals surface area contributed by atoms with Gasteiger partial charge in [-0.15, -0.1) is 0 Å². The molecule has 13 nitrogen and oxygen atoms in total. The molecule has 0 aromatic carbocycles. The Morgan fingerprint density at radius 2 is 1.62 bits per heavy atom. The van der Waals surface area contributed by atoms with Crippen LogP contribution in [0.15, 0.2) is 0 Å². The molecule has 0 aromatic heterocycles. The molecule has 0 radical (unpaired) electrons. The molecule has 1 saturated carbocycles. The number of aliphatic hydroxyl groups excluding tert-OH is 2. The number of hydrogen-bond acceptors (Lipinski definition) is 12. The first-order valence-electron chi connectivity index (χ1n) is 15.0. The van der Waals surface area contributed by atoms with E-state index < -0.39 is 12.0 Å². The maximum absolute atomic E-state index is 11.9. The highest BCUT2D eigenvalue weighted by atomic mass is 16.7. The van der Waals surface area contributed by atoms with Gasteiger partial charge >= 0.3 is 0 Å². The fourth-order valence-electron chi connectivity index (χ4n) is 5.25. The van der Waals surface area contributed by atoms with E-state index in [1.165, 1.54) is 12.8 Å². The zero-order valence-corrected chi connectivity index (χ0v) is 24.0. The van der Waals surface area contributed by atoms with Gasteiger partial charge in [0.15, 0.2) is 6.29 Å². The summed E-state index contributed by atoms with van der Waals surface area (Å²) >= 11 is 0. The minimum Gasteiger partial charge on any atom is -0.394 e. The molecule has 3 aliphatic heterocycles. The van der Waals surface area contributed by atoms with E-state index in [1.54, 1.807) is 0 Å². The third-order valence-corrected chi connectivity index (χ3v) is 7.61. The van der Waals surface area contributed by atoms with Crippen LogP contribution in [-0.2, 0) is 23.7 Å². The van der Waals surface area contributed by atoms with Crippen LogP contribution in [0.3, 0.4) is 0 Å². The monoisotopic (exact) mass is 576 g/mol. The van der Waals surface area contributed by atoms with Gasteiger partial charge in [0.05, 0.1) is 37.6 Å². The number of carbonyl (C=O) groups excluding carboxylic acids is 1. The molecule has 3 saturated heterocycles. The molecule has 236 valence electrons. The fourth-order valence-corrected chi connectivity index (χ4v) is 5.25. The van der Waals surface area contributed by atoms with Crippen LogP contribution >= 0.6 is 0 Å². The summed E-state index contributed by atoms with van der Waals surface area (Å²) in [6.07, 6.45) is 8.52. The van der Waals surface area contributed by atoms with Crippen molar-refractivity contribution in [2.75, 3.05) is 39.5 Å². The van der Waals surface area contributed by atoms with Crippen LogP contribution in [0, 0.1) is 0 Å². The lowest BCUT2D eigenvalue weighted by Crippen LogP contribution is -2.50. The number of ether oxygens (including phenoxy) is 4. The summed E-state index contributed by atoms with van der Waals surface area (Å²) < 4.78 is 22.1. The Balaban J connectivity index is 0.000000267. The third-order valence-electron chi connectivity index (χ3n) is 7.61. The Labute approximate surface area is 239 Å². The summed E-state index contributed by atoms with van der Waals surface area (Å²) in [7, 11) is 0. The van der Waals surface area contributed by atoms with Crippen LogP contribution in [0.4, 0.5) is 0 Å². The van der Waals surface area contributed by atoms with Gasteiger partial charge in [0.1, 0.15) is 6.10 Å². The highest BCUT2D eigenvalue weighted by Crippen LogP contribution is 2.27. The van der Waals surface area contributed by atoms with Crippen LogP contribution in [-0.4, -0.2) is 111 Å². The highest BCUT2D eigenvalue weighted by molar-refractivity contribution is 5.80. The standard InChI is InChI=1S/C15H29N3O5.C6H14N2O.C6H13NO/c16-4-3-13(20)15(21)18-10-5-9(17)6-12(7-10)23-14-2-1-11(8-19)22-14;7-3-6-2-1-5(8)4-9-6;7-5-6-3-1-2-4-8-6/h9-14,19-20H,1-8,16-17H2,(H,18,21);5-6H,1-4,7-8H2;6H,1-5,7H2/t;5-,6-;/m.1./s1. The molecule has 0 aromatic rings. The van der Waals surface area contributed by atoms with Crippen molar-refractivity contribution in [3.05, 3.63) is 0 Å². The van der Waals surface area contributed by atoms with Gasteiger partial charge in [0.2, 0.25) is 5.91 Å². The lowest BCUT2D eigenvalue weighted by molar-refractivity contribution is -0.175. The molecule has 4 rings (SSSR count). The van der Waals surface area contributed by atoms with Crippen LogP contribution in [0.5, 0.6) is 0 Å². The third kappa shape index (κ3) is 13.8. The highest BCUT2D eigenvalue weighted by Gasteiger charge is 2.33. The van der Waals surface area contributed by atoms with Crippen molar-refractivity contribution in [3.63, 3.8) is 0 Å². The van der Waals surface area contributed by atoms with E-state index in [-0.39, 0.29) is 62.3 Å². The summed E-state index contributed by atoms with van der Waals surface area (Å²) in [5.74, 6) is -0.411. The van der Waals surface area contributed by atoms with Crippen molar-refractivity contribution >= 4 is 5.91 Å². The molecular weight excluding hydrogens is 520 g/mol. The van der Waals surface area contributed by atoms with E-state index in [2.05, 4.69) is 5.32 Å². The molecule has 13 heteroatoms. The first-order valence-corrected chi connectivity index (χ1v) is 15.0. The molecule has 0 spiro atoms. The van der Waals surface area contributed by atoms with Crippen molar-refractivity contribution in [1.29, 1.82) is 0 Å². The first-order chi connectivity index (χ1) is 19.3. The summed E-state index contributed by atoms with van der Waals surface area (Å²) in [6.45, 7) is 3.19. The molecule has 0 bridgehead atoms. The lowest BCUT2D eigenvalue weighted by Gasteiger charge is -2.35. The molecule has 40 heavy (non-hydrogen) atoms. The molecule has 13 N–H and O–H groups in total. The average Bonchev–Trinajstić information content (AvgIpc) is 3.42. The lowest BCUT2D eigenvalue weighted by atomic mass is 9.89. The molecule has 4 aliphatic rings. The Bertz CT molecular complexity index is 667. The van der Waals surface area contributed by atoms with Crippen LogP contribution in [0.1, 0.15) is 70.6 Å². The van der Waals surface area contributed by atoms with Crippen molar-refractivity contribution in [1.82, 2.24) is 5.32 Å². The van der Waals surface area contributed by atoms with Crippen molar-refractivity contribution < 1.29 is 34.0 Å². The second-order valence-corrected chi connectivity index (χ2v) is 11.2. The number of carbonyl (C=O) groups is 1. The zero-order valence-electron chi connectivity index (χ0n) is 24.0. The second-order valence-electron chi connectivity index (χ2n) is 11.2. The predicted molar refractivity (Wildman–Crippen MR) is 152 cm³/mol. The predicted octanol–water partition coefficient (Wildman–Crippen LogP) is -1.46. The molecule has 1 amide bonds. The smallest absolute Gasteiger partial charge is 0.249 e. The Morgan fingerprint density at radius 1 is 0.900 bits per heavy atom. The van der Waals surface area contributed by atoms with Crippen molar-refractivity contribution in [3.8, 4) is 0 Å². The summed E-state index contributed by atoms with van der Waals surface area (Å²) in [4.78, 5) is 11.9. The Kier molecular flexibility index (Phi) is 17.6. The Morgan fingerprint density at radius 3 is 2.17 bits per heavy atom. The summed E-state index contributed by atoms with van der Waals surface area (Å²) in [5, 5.41) is 21.6. The largest absolute Gasteiger partial charge is 0.394 e. The van der Waals surface area contributed by atoms with Gasteiger partial charge in [0.25, 0.3) is 0 Å². The minimum atomic E-state index is -1.08. The Hall–Kier alpha value is -0.970. The van der Waals surface area contributed by atoms with Gasteiger partial charge in [-0.25, -0.2) is 0 Å². The maximum atomic E-state index is 11.9. The van der Waals surface area contributed by atoms with E-state index in [1.807, 2.05) is 0 Å². The molecule has 1 aliphatic carbocycles. The van der Waals surface area contributed by atoms with E-state index in [9.17, 15) is 9.90 Å². The van der Waals surface area contributed by atoms with Crippen molar-refractivity contribution in [2.45, 2.75) is 126 Å². The molecule has 4 fully saturated rings. The topological polar surface area (TPSA) is 237 Å².